The summed E-state index contributed by atoms with van der Waals surface area (Å²) in [5.74, 6) is -5.42. The van der Waals surface area contributed by atoms with E-state index >= 15 is 0 Å². The van der Waals surface area contributed by atoms with Crippen molar-refractivity contribution in [1.29, 1.82) is 0 Å². The van der Waals surface area contributed by atoms with Crippen molar-refractivity contribution in [2.24, 2.45) is 0 Å². The molecule has 9 nitrogen and oxygen atoms in total. The van der Waals surface area contributed by atoms with E-state index < -0.39 is 24.3 Å². The van der Waals surface area contributed by atoms with Crippen molar-refractivity contribution in [3.05, 3.63) is 30.1 Å². The van der Waals surface area contributed by atoms with Gasteiger partial charge in [0.1, 0.15) is 6.10 Å². The first-order valence-corrected chi connectivity index (χ1v) is 10.1. The van der Waals surface area contributed by atoms with Gasteiger partial charge in [0.25, 0.3) is 5.91 Å². The molecule has 3 heterocycles. The zero-order valence-electron chi connectivity index (χ0n) is 18.7. The topological polar surface area (TPSA) is 120 Å². The van der Waals surface area contributed by atoms with Gasteiger partial charge in [0, 0.05) is 45.6 Å². The van der Waals surface area contributed by atoms with Crippen molar-refractivity contribution >= 4 is 17.8 Å². The second-order valence-electron chi connectivity index (χ2n) is 7.76. The Labute approximate surface area is 196 Å². The average Bonchev–Trinajstić information content (AvgIpc) is 3.15. The number of carbonyl (C=O) groups excluding carboxylic acids is 1. The number of aliphatic carboxylic acids is 2. The minimum absolute atomic E-state index is 0.0982. The summed E-state index contributed by atoms with van der Waals surface area (Å²) in [6.45, 7) is 1.99. The lowest BCUT2D eigenvalue weighted by Crippen LogP contribution is -2.47. The average molecular weight is 517 g/mol. The number of amides is 1. The van der Waals surface area contributed by atoms with E-state index in [1.807, 2.05) is 12.4 Å². The highest BCUT2D eigenvalue weighted by Crippen LogP contribution is 2.32. The molecule has 1 aromatic rings. The lowest BCUT2D eigenvalue weighted by Gasteiger charge is -2.36. The summed E-state index contributed by atoms with van der Waals surface area (Å²) in [7, 11) is 3.59. The monoisotopic (exact) mass is 517 g/mol. The van der Waals surface area contributed by atoms with Gasteiger partial charge >= 0.3 is 24.3 Å². The number of aromatic nitrogens is 1. The van der Waals surface area contributed by atoms with Crippen LogP contribution in [0, 0.1) is 0 Å². The molecule has 2 N–H and O–H groups in total. The number of carbonyl (C=O) groups is 3. The third-order valence-electron chi connectivity index (χ3n) is 5.00. The van der Waals surface area contributed by atoms with E-state index in [1.54, 1.807) is 19.0 Å². The molecular weight excluding hydrogens is 492 g/mol. The normalized spacial score (nSPS) is 22.0. The van der Waals surface area contributed by atoms with Crippen LogP contribution in [0.4, 0.5) is 26.3 Å². The maximum Gasteiger partial charge on any atom is 0.490 e. The predicted molar refractivity (Wildman–Crippen MR) is 107 cm³/mol. The highest BCUT2D eigenvalue weighted by atomic mass is 19.4. The summed E-state index contributed by atoms with van der Waals surface area (Å²) in [5, 5.41) is 14.2. The summed E-state index contributed by atoms with van der Waals surface area (Å²) in [5.41, 5.74) is 1.29. The highest BCUT2D eigenvalue weighted by Gasteiger charge is 2.42. The third kappa shape index (κ3) is 10.1. The van der Waals surface area contributed by atoms with Gasteiger partial charge in [-0.15, -0.1) is 0 Å². The zero-order chi connectivity index (χ0) is 27.0. The van der Waals surface area contributed by atoms with Crippen LogP contribution in [0.25, 0.3) is 0 Å². The first-order chi connectivity index (χ1) is 16.0. The van der Waals surface area contributed by atoms with Gasteiger partial charge in [-0.05, 0) is 37.0 Å². The van der Waals surface area contributed by atoms with Crippen LogP contribution in [0.1, 0.15) is 24.8 Å². The van der Waals surface area contributed by atoms with Gasteiger partial charge in [-0.25, -0.2) is 9.59 Å². The lowest BCUT2D eigenvalue weighted by atomic mass is 9.98. The number of fused-ring (bicyclic) bond motifs is 1. The van der Waals surface area contributed by atoms with E-state index in [9.17, 15) is 31.1 Å². The number of ether oxygens (including phenoxy) is 1. The molecule has 0 unspecified atom stereocenters. The number of pyridine rings is 1. The summed E-state index contributed by atoms with van der Waals surface area (Å²) >= 11 is 0. The Kier molecular flexibility index (Phi) is 10.9. The number of rotatable bonds is 3. The molecule has 3 atom stereocenters. The molecule has 1 aromatic heterocycles. The molecule has 2 saturated heterocycles. The van der Waals surface area contributed by atoms with E-state index in [1.165, 1.54) is 5.56 Å². The van der Waals surface area contributed by atoms with Gasteiger partial charge in [0.05, 0.1) is 6.10 Å². The fraction of sp³-hybridized carbons (Fsp3) is 0.600. The Morgan fingerprint density at radius 3 is 1.91 bits per heavy atom. The van der Waals surface area contributed by atoms with Crippen molar-refractivity contribution in [3.63, 3.8) is 0 Å². The van der Waals surface area contributed by atoms with Crippen LogP contribution < -0.4 is 0 Å². The van der Waals surface area contributed by atoms with Crippen LogP contribution in [-0.4, -0.2) is 94.1 Å². The van der Waals surface area contributed by atoms with Gasteiger partial charge in [0.15, 0.2) is 0 Å². The summed E-state index contributed by atoms with van der Waals surface area (Å²) < 4.78 is 69.5. The number of hydrogen-bond donors (Lipinski definition) is 2. The molecule has 3 rings (SSSR count). The molecule has 0 bridgehead atoms. The largest absolute Gasteiger partial charge is 0.490 e. The molecule has 0 aromatic carbocycles. The number of carboxylic acids is 2. The molecule has 0 radical (unpaired) electrons. The van der Waals surface area contributed by atoms with Crippen molar-refractivity contribution in [1.82, 2.24) is 14.8 Å². The minimum atomic E-state index is -5.08. The molecule has 0 saturated carbocycles. The number of likely N-dealkylation sites (tertiary alicyclic amines) is 1. The summed E-state index contributed by atoms with van der Waals surface area (Å²) in [4.78, 5) is 38.0. The molecular formula is C20H25F6N3O6. The number of carboxylic acid groups (broad SMARTS) is 2. The summed E-state index contributed by atoms with van der Waals surface area (Å²) in [6.07, 6.45) is -3.65. The van der Waals surface area contributed by atoms with Gasteiger partial charge in [0.2, 0.25) is 0 Å². The van der Waals surface area contributed by atoms with Crippen LogP contribution in [-0.2, 0) is 25.7 Å². The van der Waals surface area contributed by atoms with Crippen molar-refractivity contribution in [3.8, 4) is 0 Å². The number of hydrogen-bond acceptors (Lipinski definition) is 6. The second-order valence-corrected chi connectivity index (χ2v) is 7.76. The van der Waals surface area contributed by atoms with E-state index in [0.29, 0.717) is 6.04 Å². The van der Waals surface area contributed by atoms with Crippen molar-refractivity contribution in [2.45, 2.75) is 56.4 Å². The van der Waals surface area contributed by atoms with Gasteiger partial charge in [-0.2, -0.15) is 26.3 Å². The Hall–Kier alpha value is -2.94. The molecule has 2 fully saturated rings. The summed E-state index contributed by atoms with van der Waals surface area (Å²) in [6, 6.07) is 4.58. The van der Waals surface area contributed by atoms with E-state index in [0.717, 1.165) is 32.4 Å². The van der Waals surface area contributed by atoms with Crippen LogP contribution in [0.2, 0.25) is 0 Å². The molecule has 15 heteroatoms. The SMILES string of the molecule is CN(C)C(=O)[C@H]1CC[C@@H]2[C@@H](CCN2Cc2ccncc2)O1.O=C(O)C(F)(F)F.O=C(O)C(F)(F)F. The first kappa shape index (κ1) is 30.1. The molecule has 35 heavy (non-hydrogen) atoms. The maximum atomic E-state index is 12.0. The zero-order valence-corrected chi connectivity index (χ0v) is 18.7. The smallest absolute Gasteiger partial charge is 0.475 e. The van der Waals surface area contributed by atoms with Crippen molar-refractivity contribution in [2.75, 3.05) is 20.6 Å². The van der Waals surface area contributed by atoms with Crippen LogP contribution >= 0.6 is 0 Å². The number of likely N-dealkylation sites (N-methyl/N-ethyl adjacent to an activating group) is 1. The van der Waals surface area contributed by atoms with E-state index in [4.69, 9.17) is 24.5 Å². The predicted octanol–water partition coefficient (Wildman–Crippen LogP) is 2.56. The van der Waals surface area contributed by atoms with Gasteiger partial charge < -0.3 is 19.8 Å². The number of nitrogens with zero attached hydrogens (tertiary/aromatic N) is 3. The molecule has 0 spiro atoms. The Balaban J connectivity index is 0.000000362. The van der Waals surface area contributed by atoms with E-state index in [-0.39, 0.29) is 18.1 Å². The van der Waals surface area contributed by atoms with Crippen LogP contribution in [0.3, 0.4) is 0 Å². The second kappa shape index (κ2) is 12.7. The Bertz CT molecular complexity index is 826. The standard InChI is InChI=1S/C16H23N3O2.2C2HF3O2/c1-18(2)16(20)15-4-3-13-14(21-15)7-10-19(13)11-12-5-8-17-9-6-12;2*3-2(4,5)1(6)7/h5-6,8-9,13-15H,3-4,7,10-11H2,1-2H3;2*(H,6,7)/t13-,14-,15-;;/m1../s1. The van der Waals surface area contributed by atoms with E-state index in [2.05, 4.69) is 22.0 Å². The first-order valence-electron chi connectivity index (χ1n) is 10.1. The number of halogens is 6. The fourth-order valence-corrected chi connectivity index (χ4v) is 3.40. The highest BCUT2D eigenvalue weighted by molar-refractivity contribution is 5.80. The lowest BCUT2D eigenvalue weighted by molar-refractivity contribution is -0.193. The quantitative estimate of drug-likeness (QED) is 0.588. The molecule has 2 aliphatic heterocycles. The molecule has 198 valence electrons. The Morgan fingerprint density at radius 1 is 1.00 bits per heavy atom. The van der Waals surface area contributed by atoms with Gasteiger partial charge in [-0.1, -0.05) is 0 Å². The fourth-order valence-electron chi connectivity index (χ4n) is 3.40. The number of alkyl halides is 6. The van der Waals surface area contributed by atoms with Crippen LogP contribution in [0.5, 0.6) is 0 Å². The third-order valence-corrected chi connectivity index (χ3v) is 5.00. The van der Waals surface area contributed by atoms with Gasteiger partial charge in [-0.3, -0.25) is 14.7 Å². The minimum Gasteiger partial charge on any atom is -0.475 e. The van der Waals surface area contributed by atoms with Crippen LogP contribution in [0.15, 0.2) is 24.5 Å². The molecule has 0 aliphatic carbocycles. The van der Waals surface area contributed by atoms with Crippen molar-refractivity contribution < 1.29 is 55.7 Å². The maximum absolute atomic E-state index is 12.0. The molecule has 2 aliphatic rings. The Morgan fingerprint density at radius 2 is 1.49 bits per heavy atom. The molecule has 1 amide bonds.